The van der Waals surface area contributed by atoms with E-state index in [1.165, 1.54) is 6.33 Å². The fourth-order valence-corrected chi connectivity index (χ4v) is 3.54. The maximum atomic E-state index is 12.1. The average Bonchev–Trinajstić information content (AvgIpc) is 2.86. The highest BCUT2D eigenvalue weighted by Gasteiger charge is 2.27. The predicted molar refractivity (Wildman–Crippen MR) is 87.6 cm³/mol. The summed E-state index contributed by atoms with van der Waals surface area (Å²) in [7, 11) is 0. The second kappa shape index (κ2) is 6.37. The van der Waals surface area contributed by atoms with Crippen LogP contribution in [0.3, 0.4) is 0 Å². The van der Waals surface area contributed by atoms with Gasteiger partial charge in [-0.15, -0.1) is 11.6 Å². The number of hydrogen-bond acceptors (Lipinski definition) is 5. The van der Waals surface area contributed by atoms with Gasteiger partial charge in [0.2, 0.25) is 5.91 Å². The zero-order chi connectivity index (χ0) is 15.7. The number of aromatic nitrogens is 4. The number of alkyl halides is 1. The number of hydrogen-bond donors (Lipinski definition) is 1. The van der Waals surface area contributed by atoms with Gasteiger partial charge in [-0.3, -0.25) is 4.79 Å². The number of piperidine rings is 1. The molecular weight excluding hydrogens is 372 g/mol. The van der Waals surface area contributed by atoms with Gasteiger partial charge in [0.1, 0.15) is 16.7 Å². The van der Waals surface area contributed by atoms with Gasteiger partial charge >= 0.3 is 0 Å². The first-order chi connectivity index (χ1) is 10.6. The van der Waals surface area contributed by atoms with Crippen molar-refractivity contribution in [3.05, 3.63) is 10.9 Å². The molecule has 22 heavy (non-hydrogen) atoms. The van der Waals surface area contributed by atoms with Gasteiger partial charge in [-0.1, -0.05) is 0 Å². The summed E-state index contributed by atoms with van der Waals surface area (Å²) in [6.07, 6.45) is 3.67. The summed E-state index contributed by atoms with van der Waals surface area (Å²) in [5.74, 6) is 0.832. The van der Waals surface area contributed by atoms with Gasteiger partial charge in [-0.2, -0.15) is 5.10 Å². The van der Waals surface area contributed by atoms with Gasteiger partial charge in [-0.05, 0) is 28.8 Å². The van der Waals surface area contributed by atoms with Crippen LogP contribution in [0, 0.1) is 0 Å². The number of carbonyl (C=O) groups excluding carboxylic acids is 1. The third-order valence-corrected chi connectivity index (χ3v) is 4.62. The van der Waals surface area contributed by atoms with Gasteiger partial charge in [0.25, 0.3) is 0 Å². The minimum Gasteiger partial charge on any atom is -0.383 e. The Morgan fingerprint density at radius 3 is 3.09 bits per heavy atom. The lowest BCUT2D eigenvalue weighted by molar-refractivity contribution is -0.132. The zero-order valence-electron chi connectivity index (χ0n) is 11.9. The molecule has 0 radical (unpaired) electrons. The number of nitrogens with two attached hydrogens (primary N) is 1. The van der Waals surface area contributed by atoms with Crippen molar-refractivity contribution in [3.63, 3.8) is 0 Å². The molecule has 1 amide bonds. The Balaban J connectivity index is 1.91. The van der Waals surface area contributed by atoms with E-state index >= 15 is 0 Å². The van der Waals surface area contributed by atoms with Crippen molar-refractivity contribution >= 4 is 50.3 Å². The van der Waals surface area contributed by atoms with Crippen molar-refractivity contribution in [2.75, 3.05) is 24.7 Å². The summed E-state index contributed by atoms with van der Waals surface area (Å²) < 4.78 is 2.47. The van der Waals surface area contributed by atoms with E-state index in [1.807, 2.05) is 9.58 Å². The molecule has 1 fully saturated rings. The number of carbonyl (C=O) groups is 1. The molecule has 3 heterocycles. The van der Waals surface area contributed by atoms with Gasteiger partial charge in [0, 0.05) is 25.4 Å². The van der Waals surface area contributed by atoms with Crippen LogP contribution in [0.2, 0.25) is 0 Å². The minimum atomic E-state index is 0.0797. The van der Waals surface area contributed by atoms with Crippen LogP contribution < -0.4 is 5.73 Å². The largest absolute Gasteiger partial charge is 0.383 e. The first-order valence-electron chi connectivity index (χ1n) is 7.09. The molecule has 9 heteroatoms. The second-order valence-corrected chi connectivity index (χ2v) is 6.40. The summed E-state index contributed by atoms with van der Waals surface area (Å²) in [4.78, 5) is 22.2. The third kappa shape index (κ3) is 2.77. The first kappa shape index (κ1) is 15.5. The Kier molecular flexibility index (Phi) is 4.49. The number of nitrogens with zero attached hydrogens (tertiary/aromatic N) is 5. The number of likely N-dealkylation sites (tertiary alicyclic amines) is 1. The molecule has 2 N–H and O–H groups in total. The predicted octanol–water partition coefficient (Wildman–Crippen LogP) is 1.96. The monoisotopic (exact) mass is 386 g/mol. The van der Waals surface area contributed by atoms with Crippen LogP contribution in [0.5, 0.6) is 0 Å². The summed E-state index contributed by atoms with van der Waals surface area (Å²) in [5.41, 5.74) is 6.59. The Bertz CT molecular complexity index is 705. The Morgan fingerprint density at radius 1 is 1.50 bits per heavy atom. The molecule has 118 valence electrons. The van der Waals surface area contributed by atoms with E-state index in [4.69, 9.17) is 17.3 Å². The molecule has 0 aromatic carbocycles. The van der Waals surface area contributed by atoms with E-state index in [0.717, 1.165) is 19.4 Å². The third-order valence-electron chi connectivity index (χ3n) is 3.88. The topological polar surface area (TPSA) is 89.9 Å². The van der Waals surface area contributed by atoms with Gasteiger partial charge in [-0.25, -0.2) is 14.6 Å². The number of amides is 1. The Hall–Kier alpha value is -1.41. The van der Waals surface area contributed by atoms with Gasteiger partial charge in [0.15, 0.2) is 5.65 Å². The second-order valence-electron chi connectivity index (χ2n) is 5.27. The number of nitrogen functional groups attached to an aromatic ring is 1. The van der Waals surface area contributed by atoms with Crippen molar-refractivity contribution < 1.29 is 4.79 Å². The summed E-state index contributed by atoms with van der Waals surface area (Å²) in [6.45, 7) is 1.38. The van der Waals surface area contributed by atoms with Crippen LogP contribution in [-0.2, 0) is 4.79 Å². The van der Waals surface area contributed by atoms with Crippen molar-refractivity contribution in [3.8, 4) is 0 Å². The minimum absolute atomic E-state index is 0.0797. The fourth-order valence-electron chi connectivity index (χ4n) is 2.83. The highest BCUT2D eigenvalue weighted by molar-refractivity contribution is 9.10. The van der Waals surface area contributed by atoms with Crippen LogP contribution in [0.25, 0.3) is 11.0 Å². The molecule has 0 bridgehead atoms. The SMILES string of the molecule is Nc1ncnc2c1c(Br)nn2[C@@H]1CCCN(C(=O)CCCl)C1. The fraction of sp³-hybridized carbons (Fsp3) is 0.538. The molecule has 1 aliphatic rings. The molecule has 2 aromatic rings. The summed E-state index contributed by atoms with van der Waals surface area (Å²) in [6, 6.07) is 0.0797. The molecule has 0 spiro atoms. The summed E-state index contributed by atoms with van der Waals surface area (Å²) in [5, 5.41) is 5.22. The van der Waals surface area contributed by atoms with Crippen LogP contribution in [0.15, 0.2) is 10.9 Å². The van der Waals surface area contributed by atoms with Crippen LogP contribution in [0.1, 0.15) is 25.3 Å². The normalized spacial score (nSPS) is 18.8. The molecule has 7 nitrogen and oxygen atoms in total. The molecule has 0 aliphatic carbocycles. The molecule has 0 saturated carbocycles. The molecule has 3 rings (SSSR count). The van der Waals surface area contributed by atoms with Crippen molar-refractivity contribution in [1.82, 2.24) is 24.6 Å². The van der Waals surface area contributed by atoms with E-state index in [-0.39, 0.29) is 11.9 Å². The number of halogens is 2. The van der Waals surface area contributed by atoms with Gasteiger partial charge < -0.3 is 10.6 Å². The van der Waals surface area contributed by atoms with Gasteiger partial charge in [0.05, 0.1) is 11.4 Å². The number of fused-ring (bicyclic) bond motifs is 1. The summed E-state index contributed by atoms with van der Waals surface area (Å²) >= 11 is 9.08. The maximum absolute atomic E-state index is 12.1. The molecule has 1 aliphatic heterocycles. The van der Waals surface area contributed by atoms with Crippen molar-refractivity contribution in [2.24, 2.45) is 0 Å². The standard InChI is InChI=1S/C13H16BrClN6O/c14-11-10-12(16)17-7-18-13(10)21(19-11)8-2-1-5-20(6-8)9(22)3-4-15/h7-8H,1-6H2,(H2,16,17,18)/t8-/m1/s1. The highest BCUT2D eigenvalue weighted by Crippen LogP contribution is 2.30. The maximum Gasteiger partial charge on any atom is 0.223 e. The Morgan fingerprint density at radius 2 is 2.32 bits per heavy atom. The number of anilines is 1. The lowest BCUT2D eigenvalue weighted by Crippen LogP contribution is -2.41. The molecule has 1 saturated heterocycles. The van der Waals surface area contributed by atoms with Crippen LogP contribution in [-0.4, -0.2) is 49.5 Å². The van der Waals surface area contributed by atoms with E-state index < -0.39 is 0 Å². The van der Waals surface area contributed by atoms with Crippen molar-refractivity contribution in [1.29, 1.82) is 0 Å². The van der Waals surface area contributed by atoms with Crippen LogP contribution in [0.4, 0.5) is 5.82 Å². The highest BCUT2D eigenvalue weighted by atomic mass is 79.9. The van der Waals surface area contributed by atoms with E-state index in [1.54, 1.807) is 0 Å². The number of rotatable bonds is 3. The lowest BCUT2D eigenvalue weighted by atomic mass is 10.1. The van der Waals surface area contributed by atoms with E-state index in [9.17, 15) is 4.79 Å². The first-order valence-corrected chi connectivity index (χ1v) is 8.42. The van der Waals surface area contributed by atoms with Crippen LogP contribution >= 0.6 is 27.5 Å². The lowest BCUT2D eigenvalue weighted by Gasteiger charge is -2.33. The molecule has 0 unspecified atom stereocenters. The van der Waals surface area contributed by atoms with E-state index in [0.29, 0.717) is 40.3 Å². The quantitative estimate of drug-likeness (QED) is 0.813. The zero-order valence-corrected chi connectivity index (χ0v) is 14.2. The van der Waals surface area contributed by atoms with Crippen molar-refractivity contribution in [2.45, 2.75) is 25.3 Å². The average molecular weight is 388 g/mol. The molecule has 1 atom stereocenters. The molecule has 2 aromatic heterocycles. The van der Waals surface area contributed by atoms with E-state index in [2.05, 4.69) is 31.0 Å². The Labute approximate surface area is 141 Å². The molecular formula is C13H16BrClN6O. The smallest absolute Gasteiger partial charge is 0.223 e.